The summed E-state index contributed by atoms with van der Waals surface area (Å²) in [4.78, 5) is 0. The van der Waals surface area contributed by atoms with E-state index >= 15 is 0 Å². The van der Waals surface area contributed by atoms with E-state index in [2.05, 4.69) is 37.8 Å². The molecule has 0 aromatic heterocycles. The van der Waals surface area contributed by atoms with Gasteiger partial charge in [-0.15, -0.1) is 12.3 Å². The molecule has 0 amide bonds. The van der Waals surface area contributed by atoms with E-state index < -0.39 is 0 Å². The molecular formula is C9H6Br2O. The van der Waals surface area contributed by atoms with Gasteiger partial charge >= 0.3 is 0 Å². The second kappa shape index (κ2) is 3.97. The first kappa shape index (κ1) is 9.63. The summed E-state index contributed by atoms with van der Waals surface area (Å²) in [5.41, 5.74) is 0.994. The fourth-order valence-electron chi connectivity index (χ4n) is 0.838. The zero-order valence-electron chi connectivity index (χ0n) is 6.14. The minimum atomic E-state index is 0.204. The molecule has 3 heteroatoms. The number of halogens is 2. The molecule has 0 heterocycles. The van der Waals surface area contributed by atoms with Gasteiger partial charge in [0.05, 0.1) is 8.95 Å². The molecule has 0 fully saturated rings. The van der Waals surface area contributed by atoms with Crippen molar-refractivity contribution in [2.75, 3.05) is 0 Å². The third-order valence-corrected chi connectivity index (χ3v) is 2.59. The summed E-state index contributed by atoms with van der Waals surface area (Å²) >= 11 is 6.44. The molecule has 0 radical (unpaired) electrons. The SMILES string of the molecule is C#CCc1cc(Br)c(O)c(Br)c1. The van der Waals surface area contributed by atoms with Crippen LogP contribution >= 0.6 is 31.9 Å². The third kappa shape index (κ3) is 2.02. The highest BCUT2D eigenvalue weighted by Crippen LogP contribution is 2.33. The Morgan fingerprint density at radius 1 is 1.33 bits per heavy atom. The quantitative estimate of drug-likeness (QED) is 0.788. The fourth-order valence-corrected chi connectivity index (χ4v) is 2.12. The second-order valence-corrected chi connectivity index (χ2v) is 4.00. The predicted molar refractivity (Wildman–Crippen MR) is 56.0 cm³/mol. The minimum absolute atomic E-state index is 0.204. The fraction of sp³-hybridized carbons (Fsp3) is 0.111. The van der Waals surface area contributed by atoms with E-state index in [1.807, 2.05) is 0 Å². The first-order valence-corrected chi connectivity index (χ1v) is 4.84. The molecule has 0 saturated carbocycles. The Bertz CT molecular complexity index is 316. The van der Waals surface area contributed by atoms with Crippen molar-refractivity contribution in [1.82, 2.24) is 0 Å². The van der Waals surface area contributed by atoms with E-state index in [1.165, 1.54) is 0 Å². The molecular weight excluding hydrogens is 284 g/mol. The van der Waals surface area contributed by atoms with Crippen LogP contribution in [0.1, 0.15) is 5.56 Å². The number of rotatable bonds is 1. The largest absolute Gasteiger partial charge is 0.506 e. The number of aromatic hydroxyl groups is 1. The maximum atomic E-state index is 9.35. The molecule has 1 N–H and O–H groups in total. The highest BCUT2D eigenvalue weighted by Gasteiger charge is 2.04. The Labute approximate surface area is 88.1 Å². The van der Waals surface area contributed by atoms with Crippen molar-refractivity contribution < 1.29 is 5.11 Å². The number of benzene rings is 1. The zero-order chi connectivity index (χ0) is 9.14. The lowest BCUT2D eigenvalue weighted by Crippen LogP contribution is -1.82. The van der Waals surface area contributed by atoms with Crippen LogP contribution in [0.15, 0.2) is 21.1 Å². The van der Waals surface area contributed by atoms with Gasteiger partial charge in [-0.1, -0.05) is 0 Å². The van der Waals surface area contributed by atoms with Crippen LogP contribution in [-0.2, 0) is 6.42 Å². The summed E-state index contributed by atoms with van der Waals surface area (Å²) < 4.78 is 1.31. The van der Waals surface area contributed by atoms with Gasteiger partial charge in [-0.3, -0.25) is 0 Å². The Balaban J connectivity index is 3.14. The third-order valence-electron chi connectivity index (χ3n) is 1.38. The van der Waals surface area contributed by atoms with Crippen molar-refractivity contribution in [2.45, 2.75) is 6.42 Å². The lowest BCUT2D eigenvalue weighted by molar-refractivity contribution is 0.468. The summed E-state index contributed by atoms with van der Waals surface area (Å²) in [5.74, 6) is 2.74. The van der Waals surface area contributed by atoms with E-state index in [1.54, 1.807) is 12.1 Å². The summed E-state index contributed by atoms with van der Waals surface area (Å²) in [5, 5.41) is 9.35. The van der Waals surface area contributed by atoms with E-state index in [0.717, 1.165) is 5.56 Å². The Morgan fingerprint density at radius 3 is 2.25 bits per heavy atom. The lowest BCUT2D eigenvalue weighted by Gasteiger charge is -2.02. The van der Waals surface area contributed by atoms with Crippen LogP contribution in [-0.4, -0.2) is 5.11 Å². The van der Waals surface area contributed by atoms with Crippen LogP contribution in [0.3, 0.4) is 0 Å². The van der Waals surface area contributed by atoms with Crippen LogP contribution < -0.4 is 0 Å². The molecule has 62 valence electrons. The van der Waals surface area contributed by atoms with Crippen molar-refractivity contribution in [3.63, 3.8) is 0 Å². The van der Waals surface area contributed by atoms with Crippen LogP contribution in [0, 0.1) is 12.3 Å². The number of phenolic OH excluding ortho intramolecular Hbond substituents is 1. The standard InChI is InChI=1S/C9H6Br2O/c1-2-3-6-4-7(10)9(12)8(11)5-6/h1,4-5,12H,3H2. The van der Waals surface area contributed by atoms with E-state index in [0.29, 0.717) is 15.4 Å². The number of hydrogen-bond acceptors (Lipinski definition) is 1. The Kier molecular flexibility index (Phi) is 3.19. The maximum absolute atomic E-state index is 9.35. The molecule has 0 atom stereocenters. The van der Waals surface area contributed by atoms with E-state index in [9.17, 15) is 5.11 Å². The predicted octanol–water partition coefficient (Wildman–Crippen LogP) is 3.09. The summed E-state index contributed by atoms with van der Waals surface area (Å²) in [6, 6.07) is 3.61. The van der Waals surface area contributed by atoms with Crippen molar-refractivity contribution >= 4 is 31.9 Å². The highest BCUT2D eigenvalue weighted by atomic mass is 79.9. The molecule has 1 rings (SSSR count). The van der Waals surface area contributed by atoms with Crippen molar-refractivity contribution in [1.29, 1.82) is 0 Å². The van der Waals surface area contributed by atoms with Gasteiger partial charge in [0.15, 0.2) is 0 Å². The molecule has 1 aromatic rings. The van der Waals surface area contributed by atoms with Crippen LogP contribution in [0.5, 0.6) is 5.75 Å². The highest BCUT2D eigenvalue weighted by molar-refractivity contribution is 9.11. The molecule has 1 aromatic carbocycles. The normalized spacial score (nSPS) is 9.42. The molecule has 0 bridgehead atoms. The lowest BCUT2D eigenvalue weighted by atomic mass is 10.1. The summed E-state index contributed by atoms with van der Waals surface area (Å²) in [7, 11) is 0. The average molecular weight is 290 g/mol. The van der Waals surface area contributed by atoms with Crippen molar-refractivity contribution in [3.8, 4) is 18.1 Å². The summed E-state index contributed by atoms with van der Waals surface area (Å²) in [6.07, 6.45) is 5.72. The molecule has 0 spiro atoms. The van der Waals surface area contributed by atoms with Crippen LogP contribution in [0.4, 0.5) is 0 Å². The van der Waals surface area contributed by atoms with Crippen molar-refractivity contribution in [2.24, 2.45) is 0 Å². The van der Waals surface area contributed by atoms with Gasteiger partial charge in [-0.05, 0) is 49.6 Å². The van der Waals surface area contributed by atoms with Gasteiger partial charge < -0.3 is 5.11 Å². The van der Waals surface area contributed by atoms with E-state index in [-0.39, 0.29) is 5.75 Å². The minimum Gasteiger partial charge on any atom is -0.506 e. The van der Waals surface area contributed by atoms with Gasteiger partial charge in [0, 0.05) is 6.42 Å². The first-order chi connectivity index (χ1) is 5.65. The molecule has 0 saturated heterocycles. The maximum Gasteiger partial charge on any atom is 0.143 e. The second-order valence-electron chi connectivity index (χ2n) is 2.29. The van der Waals surface area contributed by atoms with Crippen molar-refractivity contribution in [3.05, 3.63) is 26.6 Å². The Hall–Kier alpha value is -0.460. The molecule has 0 aliphatic rings. The van der Waals surface area contributed by atoms with Gasteiger partial charge in [0.1, 0.15) is 5.75 Å². The zero-order valence-corrected chi connectivity index (χ0v) is 9.31. The summed E-state index contributed by atoms with van der Waals surface area (Å²) in [6.45, 7) is 0. The average Bonchev–Trinajstić information content (AvgIpc) is 2.01. The van der Waals surface area contributed by atoms with Gasteiger partial charge in [-0.2, -0.15) is 0 Å². The van der Waals surface area contributed by atoms with Crippen LogP contribution in [0.25, 0.3) is 0 Å². The number of hydrogen-bond donors (Lipinski definition) is 1. The molecule has 0 unspecified atom stereocenters. The van der Waals surface area contributed by atoms with E-state index in [4.69, 9.17) is 6.42 Å². The number of terminal acetylenes is 1. The van der Waals surface area contributed by atoms with Gasteiger partial charge in [0.25, 0.3) is 0 Å². The monoisotopic (exact) mass is 288 g/mol. The molecule has 1 nitrogen and oxygen atoms in total. The molecule has 0 aliphatic carbocycles. The topological polar surface area (TPSA) is 20.2 Å². The molecule has 0 aliphatic heterocycles. The Morgan fingerprint density at radius 2 is 1.83 bits per heavy atom. The van der Waals surface area contributed by atoms with Gasteiger partial charge in [0.2, 0.25) is 0 Å². The number of phenols is 1. The smallest absolute Gasteiger partial charge is 0.143 e. The molecule has 12 heavy (non-hydrogen) atoms. The van der Waals surface area contributed by atoms with Gasteiger partial charge in [-0.25, -0.2) is 0 Å². The van der Waals surface area contributed by atoms with Crippen LogP contribution in [0.2, 0.25) is 0 Å². The first-order valence-electron chi connectivity index (χ1n) is 3.25.